The maximum atomic E-state index is 12.1. The van der Waals surface area contributed by atoms with Crippen molar-refractivity contribution in [1.82, 2.24) is 4.83 Å². The molecule has 0 amide bonds. The topological polar surface area (TPSA) is 67.8 Å². The van der Waals surface area contributed by atoms with Crippen LogP contribution in [0.15, 0.2) is 56.9 Å². The maximum absolute atomic E-state index is 12.1. The fourth-order valence-corrected chi connectivity index (χ4v) is 3.03. The van der Waals surface area contributed by atoms with Crippen LogP contribution in [-0.2, 0) is 10.0 Å². The van der Waals surface area contributed by atoms with Gasteiger partial charge in [0.1, 0.15) is 5.75 Å². The van der Waals surface area contributed by atoms with Gasteiger partial charge >= 0.3 is 0 Å². The lowest BCUT2D eigenvalue weighted by Gasteiger charge is -2.07. The van der Waals surface area contributed by atoms with E-state index in [9.17, 15) is 8.42 Å². The first-order chi connectivity index (χ1) is 10.9. The van der Waals surface area contributed by atoms with Crippen LogP contribution in [0, 0.1) is 0 Å². The predicted molar refractivity (Wildman–Crippen MR) is 94.7 cm³/mol. The van der Waals surface area contributed by atoms with E-state index in [4.69, 9.17) is 16.3 Å². The molecule has 0 bridgehead atoms. The number of nitrogens with one attached hydrogen (secondary N) is 1. The van der Waals surface area contributed by atoms with Gasteiger partial charge in [0.15, 0.2) is 0 Å². The van der Waals surface area contributed by atoms with Gasteiger partial charge in [0, 0.05) is 15.1 Å². The number of hydrogen-bond donors (Lipinski definition) is 1. The van der Waals surface area contributed by atoms with E-state index in [0.29, 0.717) is 22.9 Å². The van der Waals surface area contributed by atoms with Crippen molar-refractivity contribution in [3.05, 3.63) is 57.5 Å². The number of rotatable bonds is 6. The third-order valence-corrected chi connectivity index (χ3v) is 4.76. The average molecular weight is 418 g/mol. The zero-order valence-corrected chi connectivity index (χ0v) is 15.3. The summed E-state index contributed by atoms with van der Waals surface area (Å²) in [6.45, 7) is 2.37. The Bertz CT molecular complexity index is 808. The second-order valence-electron chi connectivity index (χ2n) is 4.42. The molecule has 0 spiro atoms. The van der Waals surface area contributed by atoms with E-state index in [-0.39, 0.29) is 4.90 Å². The van der Waals surface area contributed by atoms with Gasteiger partial charge in [0.25, 0.3) is 10.0 Å². The van der Waals surface area contributed by atoms with Gasteiger partial charge < -0.3 is 4.74 Å². The normalized spacial score (nSPS) is 11.6. The van der Waals surface area contributed by atoms with Crippen molar-refractivity contribution in [2.24, 2.45) is 5.10 Å². The third-order valence-electron chi connectivity index (χ3n) is 2.77. The Hall–Kier alpha value is -1.57. The van der Waals surface area contributed by atoms with Gasteiger partial charge in [-0.25, -0.2) is 4.83 Å². The first-order valence-corrected chi connectivity index (χ1v) is 9.30. The van der Waals surface area contributed by atoms with E-state index in [1.165, 1.54) is 30.5 Å². The number of ether oxygens (including phenoxy) is 1. The summed E-state index contributed by atoms with van der Waals surface area (Å²) in [7, 11) is -3.74. The lowest BCUT2D eigenvalue weighted by Crippen LogP contribution is -2.18. The van der Waals surface area contributed by atoms with Gasteiger partial charge in [-0.05, 0) is 49.4 Å². The Kier molecular flexibility index (Phi) is 6.04. The monoisotopic (exact) mass is 416 g/mol. The van der Waals surface area contributed by atoms with Gasteiger partial charge in [-0.1, -0.05) is 27.5 Å². The summed E-state index contributed by atoms with van der Waals surface area (Å²) in [6.07, 6.45) is 1.39. The van der Waals surface area contributed by atoms with E-state index < -0.39 is 10.0 Å². The molecule has 2 aromatic rings. The van der Waals surface area contributed by atoms with Crippen LogP contribution in [0.2, 0.25) is 5.02 Å². The van der Waals surface area contributed by atoms with E-state index >= 15 is 0 Å². The van der Waals surface area contributed by atoms with Crippen molar-refractivity contribution in [1.29, 1.82) is 0 Å². The molecule has 0 radical (unpaired) electrons. The largest absolute Gasteiger partial charge is 0.493 e. The predicted octanol–water partition coefficient (Wildman–Crippen LogP) is 3.81. The number of sulfonamides is 1. The zero-order valence-electron chi connectivity index (χ0n) is 12.2. The van der Waals surface area contributed by atoms with Crippen molar-refractivity contribution in [2.75, 3.05) is 6.61 Å². The van der Waals surface area contributed by atoms with Crippen LogP contribution in [-0.4, -0.2) is 21.2 Å². The fourth-order valence-electron chi connectivity index (χ4n) is 1.74. The lowest BCUT2D eigenvalue weighted by atomic mass is 10.2. The van der Waals surface area contributed by atoms with E-state index in [0.717, 1.165) is 4.47 Å². The van der Waals surface area contributed by atoms with Gasteiger partial charge in [-0.15, -0.1) is 0 Å². The molecule has 0 fully saturated rings. The van der Waals surface area contributed by atoms with Crippen molar-refractivity contribution in [3.8, 4) is 5.75 Å². The highest BCUT2D eigenvalue weighted by Gasteiger charge is 2.12. The first-order valence-electron chi connectivity index (χ1n) is 6.65. The van der Waals surface area contributed by atoms with Crippen molar-refractivity contribution in [2.45, 2.75) is 11.8 Å². The molecule has 0 aromatic heterocycles. The number of halogens is 2. The lowest BCUT2D eigenvalue weighted by molar-refractivity contribution is 0.339. The van der Waals surface area contributed by atoms with Crippen LogP contribution in [0.3, 0.4) is 0 Å². The fraction of sp³-hybridized carbons (Fsp3) is 0.133. The molecule has 0 aliphatic heterocycles. The quantitative estimate of drug-likeness (QED) is 0.574. The number of hydrazone groups is 1. The molecule has 1 N–H and O–H groups in total. The molecule has 0 heterocycles. The Labute approximate surface area is 148 Å². The van der Waals surface area contributed by atoms with Crippen molar-refractivity contribution >= 4 is 43.8 Å². The Morgan fingerprint density at radius 3 is 2.61 bits per heavy atom. The third kappa shape index (κ3) is 4.95. The second-order valence-corrected chi connectivity index (χ2v) is 7.43. The second kappa shape index (κ2) is 7.81. The smallest absolute Gasteiger partial charge is 0.276 e. The summed E-state index contributed by atoms with van der Waals surface area (Å²) in [5.41, 5.74) is 0.653. The molecule has 2 aromatic carbocycles. The Balaban J connectivity index is 2.18. The molecule has 23 heavy (non-hydrogen) atoms. The summed E-state index contributed by atoms with van der Waals surface area (Å²) in [5, 5.41) is 4.26. The van der Waals surface area contributed by atoms with Crippen molar-refractivity contribution in [3.63, 3.8) is 0 Å². The number of hydrogen-bond acceptors (Lipinski definition) is 4. The molecule has 0 aliphatic carbocycles. The van der Waals surface area contributed by atoms with E-state index in [1.807, 2.05) is 13.0 Å². The zero-order chi connectivity index (χ0) is 16.9. The SMILES string of the molecule is CCOc1ccc(Br)cc1/C=N\NS(=O)(=O)c1ccc(Cl)cc1. The molecule has 2 rings (SSSR count). The number of benzene rings is 2. The highest BCUT2D eigenvalue weighted by Crippen LogP contribution is 2.22. The Morgan fingerprint density at radius 1 is 1.26 bits per heavy atom. The van der Waals surface area contributed by atoms with Crippen LogP contribution in [0.4, 0.5) is 0 Å². The highest BCUT2D eigenvalue weighted by molar-refractivity contribution is 9.10. The van der Waals surface area contributed by atoms with Crippen LogP contribution in [0.1, 0.15) is 12.5 Å². The molecular formula is C15H14BrClN2O3S. The minimum Gasteiger partial charge on any atom is -0.493 e. The summed E-state index contributed by atoms with van der Waals surface area (Å²) in [5.74, 6) is 0.616. The first kappa shape index (κ1) is 17.8. The maximum Gasteiger partial charge on any atom is 0.276 e. The molecular weight excluding hydrogens is 404 g/mol. The minimum atomic E-state index is -3.74. The average Bonchev–Trinajstić information content (AvgIpc) is 2.50. The molecule has 5 nitrogen and oxygen atoms in total. The van der Waals surface area contributed by atoms with Crippen LogP contribution in [0.25, 0.3) is 0 Å². The summed E-state index contributed by atoms with van der Waals surface area (Å²) < 4.78 is 30.5. The Morgan fingerprint density at radius 2 is 1.96 bits per heavy atom. The van der Waals surface area contributed by atoms with Crippen LogP contribution < -0.4 is 9.57 Å². The molecule has 0 saturated heterocycles. The molecule has 0 atom stereocenters. The van der Waals surface area contributed by atoms with E-state index in [1.54, 1.807) is 12.1 Å². The molecule has 0 aliphatic rings. The summed E-state index contributed by atoms with van der Waals surface area (Å²) in [4.78, 5) is 2.24. The van der Waals surface area contributed by atoms with Gasteiger partial charge in [0.2, 0.25) is 0 Å². The standard InChI is InChI=1S/C15H14BrClN2O3S/c1-2-22-15-8-3-12(16)9-11(15)10-18-19-23(20,21)14-6-4-13(17)5-7-14/h3-10,19H,2H2,1H3/b18-10-. The summed E-state index contributed by atoms with van der Waals surface area (Å²) >= 11 is 9.10. The number of nitrogens with zero attached hydrogens (tertiary/aromatic N) is 1. The van der Waals surface area contributed by atoms with Crippen LogP contribution in [0.5, 0.6) is 5.75 Å². The van der Waals surface area contributed by atoms with Gasteiger partial charge in [-0.2, -0.15) is 13.5 Å². The minimum absolute atomic E-state index is 0.0818. The molecule has 8 heteroatoms. The summed E-state index contributed by atoms with van der Waals surface area (Å²) in [6, 6.07) is 11.2. The molecule has 0 unspecified atom stereocenters. The van der Waals surface area contributed by atoms with Gasteiger partial charge in [0.05, 0.1) is 17.7 Å². The highest BCUT2D eigenvalue weighted by atomic mass is 79.9. The molecule has 122 valence electrons. The van der Waals surface area contributed by atoms with Crippen LogP contribution >= 0.6 is 27.5 Å². The van der Waals surface area contributed by atoms with Crippen molar-refractivity contribution < 1.29 is 13.2 Å². The molecule has 0 saturated carbocycles. The van der Waals surface area contributed by atoms with E-state index in [2.05, 4.69) is 25.9 Å². The van der Waals surface area contributed by atoms with Gasteiger partial charge in [-0.3, -0.25) is 0 Å².